The molecule has 0 radical (unpaired) electrons. The molecule has 0 saturated heterocycles. The Balaban J connectivity index is 1.95. The zero-order valence-corrected chi connectivity index (χ0v) is 14.8. The van der Waals surface area contributed by atoms with Crippen LogP contribution in [0.2, 0.25) is 5.02 Å². The van der Waals surface area contributed by atoms with E-state index in [-0.39, 0.29) is 10.6 Å². The molecular weight excluding hydrogens is 347 g/mol. The number of nitrogens with one attached hydrogen (secondary N) is 2. The van der Waals surface area contributed by atoms with Crippen molar-refractivity contribution in [1.82, 2.24) is 10.9 Å². The highest BCUT2D eigenvalue weighted by atomic mass is 35.5. The molecule has 2 rings (SSSR count). The van der Waals surface area contributed by atoms with E-state index in [1.807, 2.05) is 26.0 Å². The lowest BCUT2D eigenvalue weighted by Gasteiger charge is -2.17. The van der Waals surface area contributed by atoms with Crippen molar-refractivity contribution in [2.45, 2.75) is 26.9 Å². The van der Waals surface area contributed by atoms with Crippen molar-refractivity contribution in [3.05, 3.63) is 63.9 Å². The molecular formula is C18H18ClFN2O3. The van der Waals surface area contributed by atoms with E-state index in [0.717, 1.165) is 17.2 Å². The van der Waals surface area contributed by atoms with Gasteiger partial charge in [-0.25, -0.2) is 4.39 Å². The zero-order valence-electron chi connectivity index (χ0n) is 14.0. The van der Waals surface area contributed by atoms with Crippen LogP contribution in [0.25, 0.3) is 0 Å². The Kier molecular flexibility index (Phi) is 5.98. The van der Waals surface area contributed by atoms with Gasteiger partial charge in [0.05, 0.1) is 5.56 Å². The third kappa shape index (κ3) is 4.70. The first kappa shape index (κ1) is 18.7. The number of halogens is 2. The van der Waals surface area contributed by atoms with Crippen molar-refractivity contribution in [3.8, 4) is 5.75 Å². The molecule has 0 aliphatic carbocycles. The molecule has 0 aliphatic rings. The largest absolute Gasteiger partial charge is 0.481 e. The molecule has 2 aromatic rings. The molecule has 2 amide bonds. The summed E-state index contributed by atoms with van der Waals surface area (Å²) in [7, 11) is 0. The van der Waals surface area contributed by atoms with Crippen LogP contribution in [0.4, 0.5) is 4.39 Å². The van der Waals surface area contributed by atoms with E-state index in [1.165, 1.54) is 12.1 Å². The van der Waals surface area contributed by atoms with Crippen LogP contribution in [-0.4, -0.2) is 17.9 Å². The lowest BCUT2D eigenvalue weighted by molar-refractivity contribution is -0.128. The van der Waals surface area contributed by atoms with Gasteiger partial charge in [0.2, 0.25) is 0 Å². The molecule has 0 aliphatic heterocycles. The van der Waals surface area contributed by atoms with Gasteiger partial charge in [-0.3, -0.25) is 20.4 Å². The van der Waals surface area contributed by atoms with E-state index in [2.05, 4.69) is 10.9 Å². The van der Waals surface area contributed by atoms with Crippen molar-refractivity contribution in [2.75, 3.05) is 0 Å². The molecule has 0 bridgehead atoms. The molecule has 5 nitrogen and oxygen atoms in total. The van der Waals surface area contributed by atoms with E-state index in [1.54, 1.807) is 13.0 Å². The number of aryl methyl sites for hydroxylation is 1. The van der Waals surface area contributed by atoms with Crippen LogP contribution < -0.4 is 15.6 Å². The second kappa shape index (κ2) is 7.98. The summed E-state index contributed by atoms with van der Waals surface area (Å²) in [6.45, 7) is 5.38. The van der Waals surface area contributed by atoms with E-state index in [4.69, 9.17) is 16.3 Å². The molecule has 132 valence electrons. The summed E-state index contributed by atoms with van der Waals surface area (Å²) < 4.78 is 19.3. The molecule has 25 heavy (non-hydrogen) atoms. The minimum Gasteiger partial charge on any atom is -0.481 e. The molecule has 1 atom stereocenters. The number of benzene rings is 2. The fourth-order valence-electron chi connectivity index (χ4n) is 2.06. The number of hydrazine groups is 1. The summed E-state index contributed by atoms with van der Waals surface area (Å²) in [5.41, 5.74) is 6.10. The fourth-order valence-corrected chi connectivity index (χ4v) is 2.22. The Morgan fingerprint density at radius 1 is 1.16 bits per heavy atom. The van der Waals surface area contributed by atoms with Crippen LogP contribution in [0.3, 0.4) is 0 Å². The van der Waals surface area contributed by atoms with Gasteiger partial charge in [-0.15, -0.1) is 0 Å². The van der Waals surface area contributed by atoms with Crippen molar-refractivity contribution in [2.24, 2.45) is 0 Å². The zero-order chi connectivity index (χ0) is 18.6. The average molecular weight is 365 g/mol. The topological polar surface area (TPSA) is 67.4 Å². The summed E-state index contributed by atoms with van der Waals surface area (Å²) in [5, 5.41) is 0.175. The van der Waals surface area contributed by atoms with Crippen LogP contribution in [0, 0.1) is 19.7 Å². The smallest absolute Gasteiger partial charge is 0.279 e. The second-order valence-corrected chi connectivity index (χ2v) is 5.96. The average Bonchev–Trinajstić information content (AvgIpc) is 2.56. The first-order valence-electron chi connectivity index (χ1n) is 7.57. The van der Waals surface area contributed by atoms with Crippen LogP contribution in [0.1, 0.15) is 28.4 Å². The highest BCUT2D eigenvalue weighted by Crippen LogP contribution is 2.21. The summed E-state index contributed by atoms with van der Waals surface area (Å²) in [6, 6.07) is 9.16. The lowest BCUT2D eigenvalue weighted by atomic mass is 10.1. The Labute approximate surface area is 150 Å². The maximum Gasteiger partial charge on any atom is 0.279 e. The SMILES string of the molecule is Cc1cccc(O[C@@H](C)C(=O)NNC(=O)c2ccc(Cl)cc2F)c1C. The van der Waals surface area contributed by atoms with Gasteiger partial charge in [0, 0.05) is 5.02 Å². The molecule has 2 N–H and O–H groups in total. The van der Waals surface area contributed by atoms with Gasteiger partial charge < -0.3 is 4.74 Å². The second-order valence-electron chi connectivity index (χ2n) is 5.53. The minimum absolute atomic E-state index is 0.175. The number of rotatable bonds is 4. The van der Waals surface area contributed by atoms with Gasteiger partial charge in [0.25, 0.3) is 11.8 Å². The summed E-state index contributed by atoms with van der Waals surface area (Å²) in [6.07, 6.45) is -0.851. The quantitative estimate of drug-likeness (QED) is 0.818. The number of ether oxygens (including phenoxy) is 1. The normalized spacial score (nSPS) is 11.6. The van der Waals surface area contributed by atoms with E-state index >= 15 is 0 Å². The summed E-state index contributed by atoms with van der Waals surface area (Å²) in [5.74, 6) is -1.55. The van der Waals surface area contributed by atoms with Gasteiger partial charge in [-0.2, -0.15) is 0 Å². The van der Waals surface area contributed by atoms with Crippen LogP contribution >= 0.6 is 11.6 Å². The van der Waals surface area contributed by atoms with Crippen LogP contribution in [-0.2, 0) is 4.79 Å². The third-order valence-corrected chi connectivity index (χ3v) is 3.94. The van der Waals surface area contributed by atoms with Crippen LogP contribution in [0.15, 0.2) is 36.4 Å². The van der Waals surface area contributed by atoms with Gasteiger partial charge in [-0.1, -0.05) is 23.7 Å². The van der Waals surface area contributed by atoms with Crippen molar-refractivity contribution in [3.63, 3.8) is 0 Å². The lowest BCUT2D eigenvalue weighted by Crippen LogP contribution is -2.47. The van der Waals surface area contributed by atoms with Gasteiger partial charge >= 0.3 is 0 Å². The maximum atomic E-state index is 13.7. The monoisotopic (exact) mass is 364 g/mol. The number of amides is 2. The van der Waals surface area contributed by atoms with Gasteiger partial charge in [0.15, 0.2) is 6.10 Å². The Hall–Kier alpha value is -2.60. The van der Waals surface area contributed by atoms with E-state index in [0.29, 0.717) is 5.75 Å². The van der Waals surface area contributed by atoms with Gasteiger partial charge in [0.1, 0.15) is 11.6 Å². The Morgan fingerprint density at radius 3 is 2.56 bits per heavy atom. The highest BCUT2D eigenvalue weighted by Gasteiger charge is 2.18. The minimum atomic E-state index is -0.851. The Morgan fingerprint density at radius 2 is 1.88 bits per heavy atom. The number of carbonyl (C=O) groups excluding carboxylic acids is 2. The Bertz CT molecular complexity index is 811. The molecule has 0 aromatic heterocycles. The molecule has 7 heteroatoms. The van der Waals surface area contributed by atoms with Crippen molar-refractivity contribution >= 4 is 23.4 Å². The summed E-state index contributed by atoms with van der Waals surface area (Å²) in [4.78, 5) is 24.0. The van der Waals surface area contributed by atoms with Crippen molar-refractivity contribution < 1.29 is 18.7 Å². The first-order valence-corrected chi connectivity index (χ1v) is 7.95. The van der Waals surface area contributed by atoms with E-state index < -0.39 is 23.7 Å². The number of hydrogen-bond acceptors (Lipinski definition) is 3. The van der Waals surface area contributed by atoms with E-state index in [9.17, 15) is 14.0 Å². The molecule has 0 spiro atoms. The molecule has 0 fully saturated rings. The predicted molar refractivity (Wildman–Crippen MR) is 93.0 cm³/mol. The molecule has 0 heterocycles. The highest BCUT2D eigenvalue weighted by molar-refractivity contribution is 6.30. The third-order valence-electron chi connectivity index (χ3n) is 3.70. The molecule has 0 saturated carbocycles. The number of hydrogen-bond donors (Lipinski definition) is 2. The number of carbonyl (C=O) groups is 2. The molecule has 2 aromatic carbocycles. The molecule has 0 unspecified atom stereocenters. The fraction of sp³-hybridized carbons (Fsp3) is 0.222. The van der Waals surface area contributed by atoms with Crippen molar-refractivity contribution in [1.29, 1.82) is 0 Å². The summed E-state index contributed by atoms with van der Waals surface area (Å²) >= 11 is 5.63. The maximum absolute atomic E-state index is 13.7. The predicted octanol–water partition coefficient (Wildman–Crippen LogP) is 3.32. The van der Waals surface area contributed by atoms with Gasteiger partial charge in [-0.05, 0) is 56.2 Å². The first-order chi connectivity index (χ1) is 11.8. The van der Waals surface area contributed by atoms with Crippen LogP contribution in [0.5, 0.6) is 5.75 Å². The standard InChI is InChI=1S/C18H18ClFN2O3/c1-10-5-4-6-16(11(10)2)25-12(3)17(23)21-22-18(24)14-8-7-13(19)9-15(14)20/h4-9,12H,1-3H3,(H,21,23)(H,22,24)/t12-/m0/s1.